The molecule has 35 heavy (non-hydrogen) atoms. The zero-order valence-electron chi connectivity index (χ0n) is 19.2. The molecule has 3 aromatic rings. The molecule has 0 aliphatic carbocycles. The van der Waals surface area contributed by atoms with Gasteiger partial charge in [-0.2, -0.15) is 0 Å². The van der Waals surface area contributed by atoms with Gasteiger partial charge in [0.2, 0.25) is 5.43 Å². The Morgan fingerprint density at radius 1 is 1.26 bits per heavy atom. The number of nitrogens with zero attached hydrogens (tertiary/aromatic N) is 4. The number of ether oxygens (including phenoxy) is 1. The first-order valence-electron chi connectivity index (χ1n) is 11.4. The van der Waals surface area contributed by atoms with Crippen molar-refractivity contribution in [2.45, 2.75) is 24.1 Å². The standard InChI is InChI=1S/C24H25FN4O5S/c1-15-29-18-13-19(17(25)12-16(18)22(31)21(24(32)33)23(29)35-15)27-8-6-26(7-9-27)10-11-34-20-4-2-3-5-28(20)14-30/h2-5,12-13,15,30H,6-11,14H2,1H3/p+1. The summed E-state index contributed by atoms with van der Waals surface area (Å²) in [5.41, 5.74) is 0.0504. The molecule has 1 saturated heterocycles. The van der Waals surface area contributed by atoms with Crippen molar-refractivity contribution >= 4 is 34.3 Å². The molecule has 4 heterocycles. The van der Waals surface area contributed by atoms with Crippen LogP contribution < -0.4 is 19.6 Å². The molecule has 1 aromatic carbocycles. The van der Waals surface area contributed by atoms with Crippen LogP contribution in [0, 0.1) is 5.82 Å². The van der Waals surface area contributed by atoms with Crippen molar-refractivity contribution in [3.63, 3.8) is 0 Å². The molecule has 1 fully saturated rings. The van der Waals surface area contributed by atoms with Crippen molar-refractivity contribution < 1.29 is 28.7 Å². The highest BCUT2D eigenvalue weighted by Crippen LogP contribution is 2.46. The minimum absolute atomic E-state index is 0.0320. The number of carboxylic acids is 1. The van der Waals surface area contributed by atoms with Gasteiger partial charge in [-0.15, -0.1) is 4.57 Å². The normalized spacial score (nSPS) is 17.8. The van der Waals surface area contributed by atoms with Gasteiger partial charge in [0.05, 0.1) is 27.7 Å². The number of halogens is 1. The summed E-state index contributed by atoms with van der Waals surface area (Å²) >= 11 is 1.33. The van der Waals surface area contributed by atoms with E-state index in [4.69, 9.17) is 4.74 Å². The molecule has 2 aliphatic rings. The van der Waals surface area contributed by atoms with Crippen molar-refractivity contribution in [3.8, 4) is 5.88 Å². The Labute approximate surface area is 205 Å². The number of rotatable bonds is 7. The number of aromatic carboxylic acids is 1. The molecule has 1 unspecified atom stereocenters. The maximum absolute atomic E-state index is 15.1. The van der Waals surface area contributed by atoms with Gasteiger partial charge in [-0.1, -0.05) is 11.8 Å². The van der Waals surface area contributed by atoms with Crippen LogP contribution in [0.25, 0.3) is 10.9 Å². The average Bonchev–Trinajstić information content (AvgIpc) is 2.84. The lowest BCUT2D eigenvalue weighted by molar-refractivity contribution is -0.734. The largest absolute Gasteiger partial charge is 0.477 e. The summed E-state index contributed by atoms with van der Waals surface area (Å²) in [7, 11) is 0. The predicted octanol–water partition coefficient (Wildman–Crippen LogP) is 1.90. The summed E-state index contributed by atoms with van der Waals surface area (Å²) in [5.74, 6) is -1.22. The van der Waals surface area contributed by atoms with Crippen molar-refractivity contribution in [3.05, 3.63) is 58.1 Å². The highest BCUT2D eigenvalue weighted by Gasteiger charge is 2.33. The molecule has 2 aromatic heterocycles. The molecule has 0 amide bonds. The predicted molar refractivity (Wildman–Crippen MR) is 129 cm³/mol. The quantitative estimate of drug-likeness (QED) is 0.474. The molecule has 0 spiro atoms. The van der Waals surface area contributed by atoms with Gasteiger partial charge in [0.25, 0.3) is 6.73 Å². The molecule has 1 atom stereocenters. The van der Waals surface area contributed by atoms with E-state index in [1.165, 1.54) is 17.8 Å². The number of carbonyl (C=O) groups is 1. The second-order valence-electron chi connectivity index (χ2n) is 8.55. The van der Waals surface area contributed by atoms with Crippen LogP contribution in [-0.2, 0) is 6.73 Å². The summed E-state index contributed by atoms with van der Waals surface area (Å²) in [6, 6.07) is 8.33. The number of aromatic nitrogens is 2. The number of fused-ring (bicyclic) bond motifs is 3. The Morgan fingerprint density at radius 2 is 2.03 bits per heavy atom. The number of hydrogen-bond donors (Lipinski definition) is 2. The van der Waals surface area contributed by atoms with Crippen LogP contribution in [-0.4, -0.2) is 65.0 Å². The molecule has 11 heteroatoms. The van der Waals surface area contributed by atoms with Crippen LogP contribution in [0.4, 0.5) is 10.1 Å². The molecule has 5 rings (SSSR count). The zero-order valence-corrected chi connectivity index (χ0v) is 20.0. The van der Waals surface area contributed by atoms with E-state index in [9.17, 15) is 19.8 Å². The number of piperazine rings is 1. The van der Waals surface area contributed by atoms with Crippen LogP contribution >= 0.6 is 11.8 Å². The fourth-order valence-corrected chi connectivity index (χ4v) is 5.82. The van der Waals surface area contributed by atoms with Gasteiger partial charge in [-0.05, 0) is 25.1 Å². The highest BCUT2D eigenvalue weighted by molar-refractivity contribution is 8.00. The number of benzene rings is 1. The Kier molecular flexibility index (Phi) is 6.39. The van der Waals surface area contributed by atoms with Crippen LogP contribution in [0.5, 0.6) is 5.88 Å². The second kappa shape index (κ2) is 9.48. The maximum Gasteiger partial charge on any atom is 0.369 e. The third-order valence-corrected chi connectivity index (χ3v) is 7.69. The number of anilines is 1. The highest BCUT2D eigenvalue weighted by atomic mass is 32.2. The summed E-state index contributed by atoms with van der Waals surface area (Å²) in [6.45, 7) is 5.59. The third kappa shape index (κ3) is 4.24. The van der Waals surface area contributed by atoms with E-state index >= 15 is 4.39 Å². The van der Waals surface area contributed by atoms with Crippen LogP contribution in [0.2, 0.25) is 0 Å². The summed E-state index contributed by atoms with van der Waals surface area (Å²) in [5, 5.41) is 19.4. The second-order valence-corrected chi connectivity index (χ2v) is 9.85. The molecule has 2 aliphatic heterocycles. The lowest BCUT2D eigenvalue weighted by Gasteiger charge is -2.37. The monoisotopic (exact) mass is 501 g/mol. The Hall–Kier alpha value is -3.15. The maximum atomic E-state index is 15.1. The number of carboxylic acid groups (broad SMARTS) is 1. The number of thioether (sulfide) groups is 1. The topological polar surface area (TPSA) is 99.1 Å². The molecule has 0 radical (unpaired) electrons. The van der Waals surface area contributed by atoms with Gasteiger partial charge in [-0.25, -0.2) is 9.18 Å². The molecular formula is C24H26FN4O5S+. The van der Waals surface area contributed by atoms with Gasteiger partial charge >= 0.3 is 11.8 Å². The summed E-state index contributed by atoms with van der Waals surface area (Å²) < 4.78 is 24.3. The van der Waals surface area contributed by atoms with Crippen LogP contribution in [0.15, 0.2) is 46.3 Å². The zero-order chi connectivity index (χ0) is 24.7. The van der Waals surface area contributed by atoms with Crippen molar-refractivity contribution in [2.75, 3.05) is 44.2 Å². The number of pyridine rings is 2. The molecule has 184 valence electrons. The molecular weight excluding hydrogens is 475 g/mol. The van der Waals surface area contributed by atoms with Crippen molar-refractivity contribution in [1.29, 1.82) is 0 Å². The minimum Gasteiger partial charge on any atom is -0.477 e. The van der Waals surface area contributed by atoms with Crippen molar-refractivity contribution in [1.82, 2.24) is 9.47 Å². The van der Waals surface area contributed by atoms with E-state index in [-0.39, 0.29) is 23.1 Å². The summed E-state index contributed by atoms with van der Waals surface area (Å²) in [4.78, 5) is 28.6. The lowest BCUT2D eigenvalue weighted by atomic mass is 10.1. The van der Waals surface area contributed by atoms with E-state index in [2.05, 4.69) is 4.90 Å². The number of aliphatic hydroxyl groups excluding tert-OH is 1. The summed E-state index contributed by atoms with van der Waals surface area (Å²) in [6.07, 6.45) is 1.75. The third-order valence-electron chi connectivity index (χ3n) is 6.51. The van der Waals surface area contributed by atoms with E-state index in [0.717, 1.165) is 13.1 Å². The first-order chi connectivity index (χ1) is 16.9. The van der Waals surface area contributed by atoms with Gasteiger partial charge in [0, 0.05) is 44.2 Å². The Balaban J connectivity index is 1.30. The molecule has 0 bridgehead atoms. The smallest absolute Gasteiger partial charge is 0.369 e. The van der Waals surface area contributed by atoms with Gasteiger partial charge in [0.15, 0.2) is 6.20 Å². The Morgan fingerprint density at radius 3 is 2.71 bits per heavy atom. The SMILES string of the molecule is CC1Sc2c(C(=O)O)c(=O)c3cc(F)c(N4CCN(CCOc5cccc[n+]5CO)CC4)cc3n21. The first-order valence-corrected chi connectivity index (χ1v) is 12.3. The number of hydrogen-bond acceptors (Lipinski definition) is 7. The van der Waals surface area contributed by atoms with Crippen LogP contribution in [0.1, 0.15) is 22.7 Å². The lowest BCUT2D eigenvalue weighted by Crippen LogP contribution is -2.48. The molecule has 0 saturated carbocycles. The van der Waals surface area contributed by atoms with E-state index in [1.807, 2.05) is 28.5 Å². The van der Waals surface area contributed by atoms with Crippen LogP contribution in [0.3, 0.4) is 0 Å². The molecule has 2 N–H and O–H groups in total. The molecule has 9 nitrogen and oxygen atoms in total. The fraction of sp³-hybridized carbons (Fsp3) is 0.375. The first kappa shape index (κ1) is 23.6. The van der Waals surface area contributed by atoms with Crippen molar-refractivity contribution in [2.24, 2.45) is 0 Å². The fourth-order valence-electron chi connectivity index (χ4n) is 4.67. The van der Waals surface area contributed by atoms with E-state index < -0.39 is 17.2 Å². The number of aliphatic hydroxyl groups is 1. The van der Waals surface area contributed by atoms with E-state index in [0.29, 0.717) is 48.4 Å². The van der Waals surface area contributed by atoms with Gasteiger partial charge in [-0.3, -0.25) is 9.69 Å². The Bertz CT molecular complexity index is 1360. The van der Waals surface area contributed by atoms with E-state index in [1.54, 1.807) is 22.9 Å². The minimum atomic E-state index is -1.29. The average molecular weight is 502 g/mol. The van der Waals surface area contributed by atoms with Gasteiger partial charge in [0.1, 0.15) is 18.0 Å². The van der Waals surface area contributed by atoms with Gasteiger partial charge < -0.3 is 24.4 Å².